The zero-order valence-electron chi connectivity index (χ0n) is 13.3. The van der Waals surface area contributed by atoms with Crippen LogP contribution in [0.3, 0.4) is 0 Å². The van der Waals surface area contributed by atoms with Crippen molar-refractivity contribution >= 4 is 11.9 Å². The van der Waals surface area contributed by atoms with Crippen LogP contribution in [-0.2, 0) is 4.74 Å². The average Bonchev–Trinajstić information content (AvgIpc) is 2.68. The van der Waals surface area contributed by atoms with E-state index in [9.17, 15) is 9.18 Å². The van der Waals surface area contributed by atoms with Crippen molar-refractivity contribution < 1.29 is 13.9 Å². The van der Waals surface area contributed by atoms with Gasteiger partial charge in [-0.15, -0.1) is 0 Å². The van der Waals surface area contributed by atoms with E-state index in [4.69, 9.17) is 4.74 Å². The van der Waals surface area contributed by atoms with Gasteiger partial charge in [-0.3, -0.25) is 0 Å². The number of halogens is 1. The monoisotopic (exact) mass is 307 g/mol. The molecule has 6 heteroatoms. The first-order chi connectivity index (χ1) is 10.3. The molecule has 0 radical (unpaired) electrons. The van der Waals surface area contributed by atoms with Crippen molar-refractivity contribution in [3.05, 3.63) is 24.1 Å². The van der Waals surface area contributed by atoms with Crippen molar-refractivity contribution in [2.24, 2.45) is 0 Å². The predicted molar refractivity (Wildman–Crippen MR) is 81.3 cm³/mol. The Kier molecular flexibility index (Phi) is 3.70. The van der Waals surface area contributed by atoms with E-state index in [1.807, 2.05) is 20.8 Å². The van der Waals surface area contributed by atoms with Crippen LogP contribution in [0.15, 0.2) is 18.3 Å². The van der Waals surface area contributed by atoms with Gasteiger partial charge >= 0.3 is 6.09 Å². The average molecular weight is 307 g/mol. The quantitative estimate of drug-likeness (QED) is 0.800. The van der Waals surface area contributed by atoms with E-state index in [1.54, 1.807) is 11.0 Å². The second kappa shape index (κ2) is 5.41. The molecule has 3 heterocycles. The third-order valence-electron chi connectivity index (χ3n) is 4.11. The third kappa shape index (κ3) is 3.00. The van der Waals surface area contributed by atoms with Crippen LogP contribution < -0.4 is 4.90 Å². The smallest absolute Gasteiger partial charge is 0.410 e. The topological polar surface area (TPSA) is 45.7 Å². The maximum Gasteiger partial charge on any atom is 0.410 e. The molecule has 2 aliphatic rings. The molecular formula is C16H22FN3O2. The van der Waals surface area contributed by atoms with E-state index < -0.39 is 5.60 Å². The minimum atomic E-state index is -0.480. The van der Waals surface area contributed by atoms with Crippen LogP contribution >= 0.6 is 0 Å². The van der Waals surface area contributed by atoms with E-state index >= 15 is 0 Å². The number of piperazine rings is 1. The number of carbonyl (C=O) groups is 1. The lowest BCUT2D eigenvalue weighted by Gasteiger charge is -2.41. The highest BCUT2D eigenvalue weighted by Gasteiger charge is 2.42. The summed E-state index contributed by atoms with van der Waals surface area (Å²) in [6, 6.07) is 3.60. The first-order valence-corrected chi connectivity index (χ1v) is 7.71. The molecule has 2 aliphatic heterocycles. The number of aromatic nitrogens is 1. The van der Waals surface area contributed by atoms with Gasteiger partial charge in [0.15, 0.2) is 0 Å². The number of rotatable bonds is 1. The molecule has 2 saturated heterocycles. The SMILES string of the molecule is CC(C)(C)OC(=O)N1CC2CCC(C1)N2c1ccc(F)cn1. The van der Waals surface area contributed by atoms with Gasteiger partial charge in [-0.05, 0) is 45.7 Å². The molecule has 1 aromatic rings. The summed E-state index contributed by atoms with van der Waals surface area (Å²) in [6.45, 7) is 6.88. The summed E-state index contributed by atoms with van der Waals surface area (Å²) < 4.78 is 18.5. The number of likely N-dealkylation sites (tertiary alicyclic amines) is 1. The van der Waals surface area contributed by atoms with Gasteiger partial charge in [0.2, 0.25) is 0 Å². The van der Waals surface area contributed by atoms with Gasteiger partial charge in [0, 0.05) is 25.2 Å². The number of pyridine rings is 1. The number of anilines is 1. The van der Waals surface area contributed by atoms with Crippen LogP contribution in [0.4, 0.5) is 15.0 Å². The highest BCUT2D eigenvalue weighted by Crippen LogP contribution is 2.34. The lowest BCUT2D eigenvalue weighted by Crippen LogP contribution is -2.56. The van der Waals surface area contributed by atoms with Crippen molar-refractivity contribution in [2.45, 2.75) is 51.3 Å². The fourth-order valence-corrected chi connectivity index (χ4v) is 3.27. The number of carbonyl (C=O) groups excluding carboxylic acids is 1. The Morgan fingerprint density at radius 3 is 2.41 bits per heavy atom. The van der Waals surface area contributed by atoms with Crippen molar-refractivity contribution in [1.82, 2.24) is 9.88 Å². The van der Waals surface area contributed by atoms with Gasteiger partial charge in [-0.1, -0.05) is 0 Å². The molecule has 0 saturated carbocycles. The van der Waals surface area contributed by atoms with Crippen LogP contribution in [0.25, 0.3) is 0 Å². The molecule has 3 rings (SSSR count). The molecule has 0 N–H and O–H groups in total. The molecule has 0 spiro atoms. The van der Waals surface area contributed by atoms with Crippen molar-refractivity contribution in [3.8, 4) is 0 Å². The third-order valence-corrected chi connectivity index (χ3v) is 4.11. The Morgan fingerprint density at radius 2 is 1.91 bits per heavy atom. The molecule has 120 valence electrons. The molecular weight excluding hydrogens is 285 g/mol. The molecule has 22 heavy (non-hydrogen) atoms. The fraction of sp³-hybridized carbons (Fsp3) is 0.625. The van der Waals surface area contributed by atoms with Gasteiger partial charge in [0.05, 0.1) is 6.20 Å². The van der Waals surface area contributed by atoms with Crippen LogP contribution in [0.2, 0.25) is 0 Å². The number of hydrogen-bond acceptors (Lipinski definition) is 4. The summed E-state index contributed by atoms with van der Waals surface area (Å²) in [4.78, 5) is 20.4. The van der Waals surface area contributed by atoms with Crippen LogP contribution in [-0.4, -0.2) is 46.8 Å². The lowest BCUT2D eigenvalue weighted by molar-refractivity contribution is 0.0209. The van der Waals surface area contributed by atoms with Crippen LogP contribution in [0, 0.1) is 5.82 Å². The fourth-order valence-electron chi connectivity index (χ4n) is 3.27. The van der Waals surface area contributed by atoms with E-state index in [0.717, 1.165) is 18.7 Å². The Bertz CT molecular complexity index is 542. The molecule has 1 amide bonds. The molecule has 1 aromatic heterocycles. The summed E-state index contributed by atoms with van der Waals surface area (Å²) in [6.07, 6.45) is 3.03. The normalized spacial score (nSPS) is 24.5. The number of ether oxygens (including phenoxy) is 1. The molecule has 2 bridgehead atoms. The van der Waals surface area contributed by atoms with Gasteiger partial charge in [-0.25, -0.2) is 14.2 Å². The highest BCUT2D eigenvalue weighted by atomic mass is 19.1. The first-order valence-electron chi connectivity index (χ1n) is 7.71. The minimum Gasteiger partial charge on any atom is -0.444 e. The van der Waals surface area contributed by atoms with Crippen molar-refractivity contribution in [2.75, 3.05) is 18.0 Å². The molecule has 5 nitrogen and oxygen atoms in total. The summed E-state index contributed by atoms with van der Waals surface area (Å²) in [5, 5.41) is 0. The van der Waals surface area contributed by atoms with Crippen molar-refractivity contribution in [1.29, 1.82) is 0 Å². The van der Waals surface area contributed by atoms with E-state index in [0.29, 0.717) is 13.1 Å². The van der Waals surface area contributed by atoms with Gasteiger partial charge < -0.3 is 14.5 Å². The Labute approximate surface area is 130 Å². The second-order valence-corrected chi connectivity index (χ2v) is 7.01. The zero-order chi connectivity index (χ0) is 15.9. The molecule has 0 aromatic carbocycles. The van der Waals surface area contributed by atoms with Gasteiger partial charge in [-0.2, -0.15) is 0 Å². The summed E-state index contributed by atoms with van der Waals surface area (Å²) >= 11 is 0. The standard InChI is InChI=1S/C16H22FN3O2/c1-16(2,3)22-15(21)19-9-12-5-6-13(10-19)20(12)14-7-4-11(17)8-18-14/h4,7-8,12-13H,5-6,9-10H2,1-3H3. The van der Waals surface area contributed by atoms with Gasteiger partial charge in [0.1, 0.15) is 17.2 Å². The van der Waals surface area contributed by atoms with Crippen LogP contribution in [0.1, 0.15) is 33.6 Å². The first kappa shape index (κ1) is 15.1. The predicted octanol–water partition coefficient (Wildman–Crippen LogP) is 2.81. The maximum absolute atomic E-state index is 13.0. The molecule has 2 unspecified atom stereocenters. The van der Waals surface area contributed by atoms with E-state index in [1.165, 1.54) is 12.3 Å². The van der Waals surface area contributed by atoms with Gasteiger partial charge in [0.25, 0.3) is 0 Å². The Hall–Kier alpha value is -1.85. The second-order valence-electron chi connectivity index (χ2n) is 7.01. The molecule has 0 aliphatic carbocycles. The summed E-state index contributed by atoms with van der Waals surface area (Å²) in [7, 11) is 0. The highest BCUT2D eigenvalue weighted by molar-refractivity contribution is 5.69. The Balaban J connectivity index is 1.71. The maximum atomic E-state index is 13.0. The molecule has 2 atom stereocenters. The van der Waals surface area contributed by atoms with E-state index in [2.05, 4.69) is 9.88 Å². The summed E-state index contributed by atoms with van der Waals surface area (Å²) in [5.41, 5.74) is -0.480. The Morgan fingerprint density at radius 1 is 1.27 bits per heavy atom. The number of amides is 1. The summed E-state index contributed by atoms with van der Waals surface area (Å²) in [5.74, 6) is 0.459. The number of nitrogens with zero attached hydrogens (tertiary/aromatic N) is 3. The lowest BCUT2D eigenvalue weighted by atomic mass is 10.2. The van der Waals surface area contributed by atoms with E-state index in [-0.39, 0.29) is 24.0 Å². The van der Waals surface area contributed by atoms with Crippen molar-refractivity contribution in [3.63, 3.8) is 0 Å². The number of fused-ring (bicyclic) bond motifs is 2. The minimum absolute atomic E-state index is 0.226. The molecule has 2 fully saturated rings. The largest absolute Gasteiger partial charge is 0.444 e. The van der Waals surface area contributed by atoms with Crippen LogP contribution in [0.5, 0.6) is 0 Å². The number of hydrogen-bond donors (Lipinski definition) is 0. The zero-order valence-corrected chi connectivity index (χ0v) is 13.3.